The van der Waals surface area contributed by atoms with Crippen LogP contribution in [0, 0.1) is 0 Å². The SMILES string of the molecule is [Li+].[O-]C(CCl)CC=P(c1ccccc1)(c1ccccc1)c1ccccc1. The Morgan fingerprint density at radius 1 is 0.731 bits per heavy atom. The number of alkyl halides is 1. The fourth-order valence-corrected chi connectivity index (χ4v) is 7.22. The maximum Gasteiger partial charge on any atom is 1.00 e. The summed E-state index contributed by atoms with van der Waals surface area (Å²) in [6.07, 6.45) is -0.326. The van der Waals surface area contributed by atoms with Gasteiger partial charge in [-0.1, -0.05) is 96.8 Å². The first kappa shape index (κ1) is 21.1. The molecule has 0 N–H and O–H groups in total. The van der Waals surface area contributed by atoms with Crippen molar-refractivity contribution in [2.24, 2.45) is 0 Å². The maximum absolute atomic E-state index is 12.1. The van der Waals surface area contributed by atoms with Gasteiger partial charge in [0.1, 0.15) is 0 Å². The van der Waals surface area contributed by atoms with Crippen molar-refractivity contribution in [1.29, 1.82) is 0 Å². The van der Waals surface area contributed by atoms with E-state index in [-0.39, 0.29) is 24.7 Å². The molecular formula is C22H21ClLiOP. The minimum absolute atomic E-state index is 0. The zero-order valence-corrected chi connectivity index (χ0v) is 16.6. The second kappa shape index (κ2) is 10.2. The molecule has 0 saturated carbocycles. The predicted octanol–water partition coefficient (Wildman–Crippen LogP) is 0.145. The van der Waals surface area contributed by atoms with E-state index in [1.165, 1.54) is 15.9 Å². The Labute approximate surface area is 173 Å². The summed E-state index contributed by atoms with van der Waals surface area (Å²) in [7, 11) is 0. The van der Waals surface area contributed by atoms with Gasteiger partial charge in [0.25, 0.3) is 0 Å². The second-order valence-electron chi connectivity index (χ2n) is 5.92. The standard InChI is InChI=1S/C22H21ClOP.Li/c23-18-19(24)16-17-25(20-10-4-1-5-11-20,21-12-6-2-7-13-21)22-14-8-3-9-15-22;/h1-15,17,19H,16,18H2;/q-1;+1. The van der Waals surface area contributed by atoms with Crippen molar-refractivity contribution < 1.29 is 24.0 Å². The molecule has 4 heteroatoms. The third kappa shape index (κ3) is 4.55. The molecule has 0 bridgehead atoms. The van der Waals surface area contributed by atoms with Crippen LogP contribution in [0.15, 0.2) is 91.0 Å². The smallest absolute Gasteiger partial charge is 0.851 e. The Bertz CT molecular complexity index is 734. The van der Waals surface area contributed by atoms with Crippen LogP contribution < -0.4 is 39.9 Å². The van der Waals surface area contributed by atoms with E-state index in [0.717, 1.165) is 0 Å². The summed E-state index contributed by atoms with van der Waals surface area (Å²) in [6, 6.07) is 31.5. The van der Waals surface area contributed by atoms with Crippen molar-refractivity contribution >= 4 is 40.2 Å². The van der Waals surface area contributed by atoms with Gasteiger partial charge in [-0.05, 0) is 29.2 Å². The molecule has 0 fully saturated rings. The largest absolute Gasteiger partial charge is 1.00 e. The average molecular weight is 375 g/mol. The van der Waals surface area contributed by atoms with Crippen molar-refractivity contribution in [3.05, 3.63) is 91.0 Å². The first-order valence-electron chi connectivity index (χ1n) is 8.39. The number of hydrogen-bond donors (Lipinski definition) is 0. The van der Waals surface area contributed by atoms with Gasteiger partial charge in [0.05, 0.1) is 0 Å². The molecular weight excluding hydrogens is 354 g/mol. The van der Waals surface area contributed by atoms with Crippen molar-refractivity contribution in [3.8, 4) is 0 Å². The molecule has 0 spiro atoms. The maximum atomic E-state index is 12.1. The Morgan fingerprint density at radius 2 is 1.08 bits per heavy atom. The van der Waals surface area contributed by atoms with Gasteiger partial charge in [-0.25, -0.2) is 0 Å². The van der Waals surface area contributed by atoms with Crippen LogP contribution in [-0.2, 0) is 0 Å². The van der Waals surface area contributed by atoms with E-state index < -0.39 is 13.0 Å². The number of halogens is 1. The third-order valence-electron chi connectivity index (χ3n) is 4.30. The van der Waals surface area contributed by atoms with Gasteiger partial charge in [0, 0.05) is 5.88 Å². The fraction of sp³-hybridized carbons (Fsp3) is 0.136. The average Bonchev–Trinajstić information content (AvgIpc) is 2.71. The Hall–Kier alpha value is -1.19. The molecule has 0 aromatic heterocycles. The van der Waals surface area contributed by atoms with Crippen LogP contribution in [0.4, 0.5) is 0 Å². The molecule has 0 aliphatic rings. The zero-order chi connectivity index (χ0) is 17.5. The Kier molecular flexibility index (Phi) is 8.30. The summed E-state index contributed by atoms with van der Waals surface area (Å²) in [6.45, 7) is -2.00. The number of hydrogen-bond acceptors (Lipinski definition) is 1. The molecule has 128 valence electrons. The molecule has 0 aliphatic heterocycles. The van der Waals surface area contributed by atoms with Gasteiger partial charge in [-0.2, -0.15) is 0 Å². The van der Waals surface area contributed by atoms with Crippen LogP contribution in [0.25, 0.3) is 0 Å². The zero-order valence-electron chi connectivity index (χ0n) is 15.0. The van der Waals surface area contributed by atoms with Crippen LogP contribution in [0.1, 0.15) is 6.42 Å². The van der Waals surface area contributed by atoms with E-state index in [2.05, 4.69) is 78.6 Å². The molecule has 3 aromatic carbocycles. The van der Waals surface area contributed by atoms with Crippen LogP contribution >= 0.6 is 18.5 Å². The predicted molar refractivity (Wildman–Crippen MR) is 110 cm³/mol. The normalized spacial score (nSPS) is 12.1. The minimum Gasteiger partial charge on any atom is -0.851 e. The minimum atomic E-state index is -2.00. The van der Waals surface area contributed by atoms with Crippen LogP contribution in [0.3, 0.4) is 0 Å². The molecule has 0 radical (unpaired) electrons. The quantitative estimate of drug-likeness (QED) is 0.342. The van der Waals surface area contributed by atoms with E-state index in [0.29, 0.717) is 6.42 Å². The monoisotopic (exact) mass is 374 g/mol. The molecule has 3 rings (SSSR count). The number of rotatable bonds is 6. The molecule has 0 aliphatic carbocycles. The van der Waals surface area contributed by atoms with Crippen molar-refractivity contribution in [1.82, 2.24) is 0 Å². The summed E-state index contributed by atoms with van der Waals surface area (Å²) in [5.74, 6) is 2.38. The van der Waals surface area contributed by atoms with Gasteiger partial charge in [0.15, 0.2) is 0 Å². The van der Waals surface area contributed by atoms with Crippen LogP contribution in [0.2, 0.25) is 0 Å². The van der Waals surface area contributed by atoms with Crippen LogP contribution in [0.5, 0.6) is 0 Å². The summed E-state index contributed by atoms with van der Waals surface area (Å²) in [5, 5.41) is 15.9. The van der Waals surface area contributed by atoms with E-state index in [9.17, 15) is 5.11 Å². The number of benzene rings is 3. The molecule has 0 amide bonds. The summed E-state index contributed by atoms with van der Waals surface area (Å²) >= 11 is 5.80. The van der Waals surface area contributed by atoms with Gasteiger partial charge in [-0.15, -0.1) is 17.7 Å². The summed E-state index contributed by atoms with van der Waals surface area (Å²) < 4.78 is 0. The van der Waals surface area contributed by atoms with E-state index in [4.69, 9.17) is 11.6 Å². The molecule has 1 atom stereocenters. The summed E-state index contributed by atoms with van der Waals surface area (Å²) in [5.41, 5.74) is 0. The van der Waals surface area contributed by atoms with Crippen molar-refractivity contribution in [3.63, 3.8) is 0 Å². The van der Waals surface area contributed by atoms with Gasteiger partial charge < -0.3 is 5.11 Å². The van der Waals surface area contributed by atoms with Gasteiger partial charge in [0.2, 0.25) is 0 Å². The van der Waals surface area contributed by atoms with Gasteiger partial charge in [-0.3, -0.25) is 0 Å². The molecule has 1 unspecified atom stereocenters. The summed E-state index contributed by atoms with van der Waals surface area (Å²) in [4.78, 5) is 0. The van der Waals surface area contributed by atoms with E-state index >= 15 is 0 Å². The third-order valence-corrected chi connectivity index (χ3v) is 8.75. The second-order valence-corrected chi connectivity index (χ2v) is 9.59. The van der Waals surface area contributed by atoms with Crippen molar-refractivity contribution in [2.75, 3.05) is 5.88 Å². The van der Waals surface area contributed by atoms with Gasteiger partial charge >= 0.3 is 18.9 Å². The molecule has 26 heavy (non-hydrogen) atoms. The first-order valence-corrected chi connectivity index (χ1v) is 10.8. The Morgan fingerprint density at radius 3 is 1.38 bits per heavy atom. The molecule has 3 aromatic rings. The van der Waals surface area contributed by atoms with Crippen LogP contribution in [-0.4, -0.2) is 17.8 Å². The van der Waals surface area contributed by atoms with E-state index in [1.807, 2.05) is 18.2 Å². The molecule has 0 heterocycles. The fourth-order valence-electron chi connectivity index (χ4n) is 3.09. The van der Waals surface area contributed by atoms with E-state index in [1.54, 1.807) is 0 Å². The molecule has 0 saturated heterocycles. The topological polar surface area (TPSA) is 23.1 Å². The van der Waals surface area contributed by atoms with Crippen molar-refractivity contribution in [2.45, 2.75) is 12.5 Å². The first-order chi connectivity index (χ1) is 12.3. The molecule has 1 nitrogen and oxygen atoms in total. The Balaban J connectivity index is 0.00000243.